The van der Waals surface area contributed by atoms with E-state index in [9.17, 15) is 9.18 Å². The molecule has 0 N–H and O–H groups in total. The molecule has 0 fully saturated rings. The fourth-order valence-electron chi connectivity index (χ4n) is 2.50. The first-order chi connectivity index (χ1) is 11.1. The van der Waals surface area contributed by atoms with E-state index in [1.54, 1.807) is 30.1 Å². The molecule has 1 amide bonds. The molecule has 0 aliphatic carbocycles. The van der Waals surface area contributed by atoms with Crippen LogP contribution in [0, 0.1) is 5.82 Å². The maximum Gasteiger partial charge on any atom is 0.226 e. The zero-order chi connectivity index (χ0) is 16.2. The third kappa shape index (κ3) is 3.62. The third-order valence-electron chi connectivity index (χ3n) is 3.77. The number of fused-ring (bicyclic) bond motifs is 1. The second-order valence-electron chi connectivity index (χ2n) is 5.54. The minimum absolute atomic E-state index is 0.0351. The highest BCUT2D eigenvalue weighted by Gasteiger charge is 2.24. The average Bonchev–Trinajstić information content (AvgIpc) is 2.56. The SMILES string of the molecule is CN(C[C@H]1COc2ccccc2O1)C(=O)Cc1ccccc1F. The predicted octanol–water partition coefficient (Wildman–Crippen LogP) is 2.67. The highest BCUT2D eigenvalue weighted by Crippen LogP contribution is 2.30. The molecule has 120 valence electrons. The molecule has 0 unspecified atom stereocenters. The Morgan fingerprint density at radius 3 is 2.65 bits per heavy atom. The molecule has 0 aromatic heterocycles. The van der Waals surface area contributed by atoms with Gasteiger partial charge in [-0.15, -0.1) is 0 Å². The van der Waals surface area contributed by atoms with Crippen molar-refractivity contribution in [2.24, 2.45) is 0 Å². The highest BCUT2D eigenvalue weighted by atomic mass is 19.1. The van der Waals surface area contributed by atoms with E-state index in [0.717, 1.165) is 0 Å². The summed E-state index contributed by atoms with van der Waals surface area (Å²) in [6.45, 7) is 0.774. The number of benzene rings is 2. The van der Waals surface area contributed by atoms with E-state index < -0.39 is 0 Å². The Morgan fingerprint density at radius 2 is 1.87 bits per heavy atom. The minimum Gasteiger partial charge on any atom is -0.486 e. The highest BCUT2D eigenvalue weighted by molar-refractivity contribution is 5.78. The number of likely N-dealkylation sites (N-methyl/N-ethyl adjacent to an activating group) is 1. The number of hydrogen-bond acceptors (Lipinski definition) is 3. The quantitative estimate of drug-likeness (QED) is 0.871. The first-order valence-corrected chi connectivity index (χ1v) is 7.49. The van der Waals surface area contributed by atoms with Crippen LogP contribution < -0.4 is 9.47 Å². The number of hydrogen-bond donors (Lipinski definition) is 0. The van der Waals surface area contributed by atoms with Gasteiger partial charge in [0.05, 0.1) is 13.0 Å². The lowest BCUT2D eigenvalue weighted by molar-refractivity contribution is -0.130. The van der Waals surface area contributed by atoms with Gasteiger partial charge in [-0.3, -0.25) is 4.79 Å². The van der Waals surface area contributed by atoms with Crippen molar-refractivity contribution in [3.05, 3.63) is 59.9 Å². The fourth-order valence-corrected chi connectivity index (χ4v) is 2.50. The van der Waals surface area contributed by atoms with E-state index in [4.69, 9.17) is 9.47 Å². The lowest BCUT2D eigenvalue weighted by atomic mass is 10.1. The molecule has 0 spiro atoms. The summed E-state index contributed by atoms with van der Waals surface area (Å²) >= 11 is 0. The van der Waals surface area contributed by atoms with E-state index in [2.05, 4.69) is 0 Å². The van der Waals surface area contributed by atoms with Crippen molar-refractivity contribution in [1.82, 2.24) is 4.90 Å². The number of carbonyl (C=O) groups excluding carboxylic acids is 1. The van der Waals surface area contributed by atoms with E-state index in [0.29, 0.717) is 30.2 Å². The van der Waals surface area contributed by atoms with Crippen LogP contribution in [0.5, 0.6) is 11.5 Å². The maximum absolute atomic E-state index is 13.6. The summed E-state index contributed by atoms with van der Waals surface area (Å²) in [5.74, 6) is 0.876. The summed E-state index contributed by atoms with van der Waals surface area (Å²) in [4.78, 5) is 13.8. The van der Waals surface area contributed by atoms with Crippen LogP contribution in [0.15, 0.2) is 48.5 Å². The van der Waals surface area contributed by atoms with Gasteiger partial charge in [-0.25, -0.2) is 4.39 Å². The summed E-state index contributed by atoms with van der Waals surface area (Å²) in [5, 5.41) is 0. The molecule has 0 saturated carbocycles. The van der Waals surface area contributed by atoms with Gasteiger partial charge in [0.1, 0.15) is 12.4 Å². The number of ether oxygens (including phenoxy) is 2. The summed E-state index contributed by atoms with van der Waals surface area (Å²) in [6.07, 6.45) is -0.202. The second-order valence-corrected chi connectivity index (χ2v) is 5.54. The van der Waals surface area contributed by atoms with Gasteiger partial charge in [0.15, 0.2) is 17.6 Å². The summed E-state index contributed by atoms with van der Waals surface area (Å²) in [6, 6.07) is 13.7. The number of halogens is 1. The Hall–Kier alpha value is -2.56. The summed E-state index contributed by atoms with van der Waals surface area (Å²) in [5.41, 5.74) is 0.399. The molecule has 0 saturated heterocycles. The largest absolute Gasteiger partial charge is 0.486 e. The number of amides is 1. The summed E-state index contributed by atoms with van der Waals surface area (Å²) < 4.78 is 25.1. The van der Waals surface area contributed by atoms with Crippen molar-refractivity contribution in [3.8, 4) is 11.5 Å². The zero-order valence-electron chi connectivity index (χ0n) is 12.9. The molecular formula is C18H18FNO3. The van der Waals surface area contributed by atoms with Crippen LogP contribution in [0.2, 0.25) is 0 Å². The van der Waals surface area contributed by atoms with Crippen molar-refractivity contribution in [3.63, 3.8) is 0 Å². The molecule has 2 aromatic rings. The molecule has 2 aromatic carbocycles. The van der Waals surface area contributed by atoms with Gasteiger partial charge in [0.2, 0.25) is 5.91 Å². The van der Waals surface area contributed by atoms with Gasteiger partial charge >= 0.3 is 0 Å². The third-order valence-corrected chi connectivity index (χ3v) is 3.77. The van der Waals surface area contributed by atoms with Crippen molar-refractivity contribution in [2.45, 2.75) is 12.5 Å². The minimum atomic E-state index is -0.361. The van der Waals surface area contributed by atoms with Gasteiger partial charge in [-0.2, -0.15) is 0 Å². The molecule has 0 radical (unpaired) electrons. The number of para-hydroxylation sites is 2. The van der Waals surface area contributed by atoms with Crippen molar-refractivity contribution in [2.75, 3.05) is 20.2 Å². The Labute approximate surface area is 134 Å². The Kier molecular flexibility index (Phi) is 4.46. The van der Waals surface area contributed by atoms with Crippen LogP contribution >= 0.6 is 0 Å². The monoisotopic (exact) mass is 315 g/mol. The van der Waals surface area contributed by atoms with Crippen LogP contribution in [0.3, 0.4) is 0 Å². The van der Waals surface area contributed by atoms with E-state index >= 15 is 0 Å². The molecule has 1 heterocycles. The van der Waals surface area contributed by atoms with Crippen LogP contribution in [0.4, 0.5) is 4.39 Å². The molecule has 1 atom stereocenters. The van der Waals surface area contributed by atoms with E-state index in [-0.39, 0.29) is 24.2 Å². The molecule has 1 aliphatic rings. The van der Waals surface area contributed by atoms with Crippen LogP contribution in [0.1, 0.15) is 5.56 Å². The number of carbonyl (C=O) groups is 1. The van der Waals surface area contributed by atoms with Crippen molar-refractivity contribution >= 4 is 5.91 Å². The van der Waals surface area contributed by atoms with Gasteiger partial charge < -0.3 is 14.4 Å². The summed E-state index contributed by atoms with van der Waals surface area (Å²) in [7, 11) is 1.69. The van der Waals surface area contributed by atoms with E-state index in [1.807, 2.05) is 24.3 Å². The molecule has 0 bridgehead atoms. The average molecular weight is 315 g/mol. The lowest BCUT2D eigenvalue weighted by Gasteiger charge is -2.29. The van der Waals surface area contributed by atoms with Crippen molar-refractivity contribution < 1.29 is 18.7 Å². The van der Waals surface area contributed by atoms with Gasteiger partial charge in [-0.1, -0.05) is 30.3 Å². The fraction of sp³-hybridized carbons (Fsp3) is 0.278. The van der Waals surface area contributed by atoms with Gasteiger partial charge in [0.25, 0.3) is 0 Å². The smallest absolute Gasteiger partial charge is 0.226 e. The van der Waals surface area contributed by atoms with Crippen LogP contribution in [-0.2, 0) is 11.2 Å². The molecule has 23 heavy (non-hydrogen) atoms. The molecule has 5 heteroatoms. The predicted molar refractivity (Wildman–Crippen MR) is 84.1 cm³/mol. The van der Waals surface area contributed by atoms with Crippen LogP contribution in [-0.4, -0.2) is 37.1 Å². The number of rotatable bonds is 4. The maximum atomic E-state index is 13.6. The standard InChI is InChI=1S/C18H18FNO3/c1-20(18(21)10-13-6-2-3-7-15(13)19)11-14-12-22-16-8-4-5-9-17(16)23-14/h2-9,14H,10-12H2,1H3/t14-/m0/s1. The normalized spacial score (nSPS) is 16.0. The molecule has 1 aliphatic heterocycles. The zero-order valence-corrected chi connectivity index (χ0v) is 12.9. The lowest BCUT2D eigenvalue weighted by Crippen LogP contribution is -2.42. The molecule has 4 nitrogen and oxygen atoms in total. The van der Waals surface area contributed by atoms with Crippen LogP contribution in [0.25, 0.3) is 0 Å². The topological polar surface area (TPSA) is 38.8 Å². The molecular weight excluding hydrogens is 297 g/mol. The van der Waals surface area contributed by atoms with Gasteiger partial charge in [0, 0.05) is 7.05 Å². The van der Waals surface area contributed by atoms with Crippen molar-refractivity contribution in [1.29, 1.82) is 0 Å². The molecule has 3 rings (SSSR count). The Morgan fingerprint density at radius 1 is 1.17 bits per heavy atom. The van der Waals surface area contributed by atoms with Gasteiger partial charge in [-0.05, 0) is 23.8 Å². The first-order valence-electron chi connectivity index (χ1n) is 7.49. The Balaban J connectivity index is 1.58. The first kappa shape index (κ1) is 15.3. The number of nitrogens with zero attached hydrogens (tertiary/aromatic N) is 1. The van der Waals surface area contributed by atoms with E-state index in [1.165, 1.54) is 6.07 Å². The Bertz CT molecular complexity index is 704. The second kappa shape index (κ2) is 6.69.